The molecule has 0 saturated carbocycles. The molecule has 0 spiro atoms. The summed E-state index contributed by atoms with van der Waals surface area (Å²) in [5, 5.41) is 1.43. The van der Waals surface area contributed by atoms with Gasteiger partial charge < -0.3 is 0 Å². The third-order valence-electron chi connectivity index (χ3n) is 2.16. The van der Waals surface area contributed by atoms with Gasteiger partial charge in [0.1, 0.15) is 11.0 Å². The minimum Gasteiger partial charge on any atom is -0.239 e. The van der Waals surface area contributed by atoms with Crippen LogP contribution in [0, 0.1) is 0 Å². The lowest BCUT2D eigenvalue weighted by molar-refractivity contribution is 0.821. The fourth-order valence-electron chi connectivity index (χ4n) is 1.41. The molecule has 0 N–H and O–H groups in total. The lowest BCUT2D eigenvalue weighted by atomic mass is 10.3. The Morgan fingerprint density at radius 3 is 2.87 bits per heavy atom. The Balaban J connectivity index is 2.24. The SMILES string of the molecule is CC1SCCSC1c1ncc(Br)c(Cl)n1. The Bertz CT molecular complexity index is 364. The Kier molecular flexibility index (Phi) is 4.21. The van der Waals surface area contributed by atoms with Crippen LogP contribution in [0.3, 0.4) is 0 Å². The highest BCUT2D eigenvalue weighted by atomic mass is 79.9. The molecule has 1 aromatic heterocycles. The smallest absolute Gasteiger partial charge is 0.146 e. The van der Waals surface area contributed by atoms with Crippen molar-refractivity contribution >= 4 is 51.1 Å². The average molecular weight is 326 g/mol. The molecule has 2 atom stereocenters. The number of nitrogens with zero attached hydrogens (tertiary/aromatic N) is 2. The summed E-state index contributed by atoms with van der Waals surface area (Å²) < 4.78 is 0.758. The van der Waals surface area contributed by atoms with Crippen molar-refractivity contribution in [3.05, 3.63) is 21.6 Å². The summed E-state index contributed by atoms with van der Waals surface area (Å²) in [6.07, 6.45) is 1.73. The van der Waals surface area contributed by atoms with Crippen LogP contribution in [0.1, 0.15) is 18.0 Å². The molecular weight excluding hydrogens is 316 g/mol. The standard InChI is InChI=1S/C9H10BrClN2S2/c1-5-7(15-3-2-14-5)9-12-4-6(10)8(11)13-9/h4-5,7H,2-3H2,1H3. The first-order valence-electron chi connectivity index (χ1n) is 4.59. The van der Waals surface area contributed by atoms with E-state index >= 15 is 0 Å². The first-order chi connectivity index (χ1) is 7.18. The fraction of sp³-hybridized carbons (Fsp3) is 0.556. The largest absolute Gasteiger partial charge is 0.239 e. The van der Waals surface area contributed by atoms with Gasteiger partial charge in [0.15, 0.2) is 0 Å². The highest BCUT2D eigenvalue weighted by Gasteiger charge is 2.26. The zero-order valence-corrected chi connectivity index (χ0v) is 12.1. The maximum Gasteiger partial charge on any atom is 0.146 e. The summed E-state index contributed by atoms with van der Waals surface area (Å²) in [5.41, 5.74) is 0. The molecule has 1 aliphatic rings. The number of thioether (sulfide) groups is 2. The Labute approximate surface area is 111 Å². The maximum atomic E-state index is 5.97. The Morgan fingerprint density at radius 2 is 2.20 bits per heavy atom. The monoisotopic (exact) mass is 324 g/mol. The minimum atomic E-state index is 0.370. The third-order valence-corrected chi connectivity index (χ3v) is 6.35. The van der Waals surface area contributed by atoms with E-state index in [2.05, 4.69) is 32.8 Å². The van der Waals surface area contributed by atoms with Gasteiger partial charge in [-0.25, -0.2) is 9.97 Å². The van der Waals surface area contributed by atoms with Gasteiger partial charge in [0.2, 0.25) is 0 Å². The lowest BCUT2D eigenvalue weighted by Gasteiger charge is -2.26. The van der Waals surface area contributed by atoms with Crippen molar-refractivity contribution in [2.75, 3.05) is 11.5 Å². The number of hydrogen-bond acceptors (Lipinski definition) is 4. The molecule has 0 aromatic carbocycles. The summed E-state index contributed by atoms with van der Waals surface area (Å²) in [6.45, 7) is 2.22. The van der Waals surface area contributed by atoms with E-state index in [-0.39, 0.29) is 0 Å². The second-order valence-corrected chi connectivity index (χ2v) is 7.18. The van der Waals surface area contributed by atoms with Gasteiger partial charge >= 0.3 is 0 Å². The van der Waals surface area contributed by atoms with Crippen LogP contribution in [-0.2, 0) is 0 Å². The maximum absolute atomic E-state index is 5.97. The quantitative estimate of drug-likeness (QED) is 0.733. The summed E-state index contributed by atoms with van der Waals surface area (Å²) in [4.78, 5) is 8.66. The van der Waals surface area contributed by atoms with E-state index in [1.54, 1.807) is 6.20 Å². The molecule has 1 saturated heterocycles. The third kappa shape index (κ3) is 2.81. The lowest BCUT2D eigenvalue weighted by Crippen LogP contribution is -2.18. The van der Waals surface area contributed by atoms with Crippen LogP contribution in [0.15, 0.2) is 10.7 Å². The topological polar surface area (TPSA) is 25.8 Å². The minimum absolute atomic E-state index is 0.370. The molecular formula is C9H10BrClN2S2. The van der Waals surface area contributed by atoms with Gasteiger partial charge in [-0.05, 0) is 15.9 Å². The van der Waals surface area contributed by atoms with Crippen molar-refractivity contribution in [1.82, 2.24) is 9.97 Å². The van der Waals surface area contributed by atoms with Crippen molar-refractivity contribution in [2.45, 2.75) is 17.4 Å². The number of hydrogen-bond donors (Lipinski definition) is 0. The molecule has 1 aromatic rings. The predicted octanol–water partition coefficient (Wildman–Crippen LogP) is 3.80. The molecule has 2 heterocycles. The normalized spacial score (nSPS) is 26.6. The second kappa shape index (κ2) is 5.25. The Hall–Kier alpha value is 0.550. The second-order valence-electron chi connectivity index (χ2n) is 3.23. The summed E-state index contributed by atoms with van der Waals surface area (Å²) in [7, 11) is 0. The van der Waals surface area contributed by atoms with Crippen LogP contribution in [0.4, 0.5) is 0 Å². The zero-order valence-electron chi connectivity index (χ0n) is 8.11. The molecule has 0 aliphatic carbocycles. The molecule has 6 heteroatoms. The van der Waals surface area contributed by atoms with Crippen LogP contribution in [0.2, 0.25) is 5.15 Å². The van der Waals surface area contributed by atoms with Crippen molar-refractivity contribution in [1.29, 1.82) is 0 Å². The van der Waals surface area contributed by atoms with Crippen LogP contribution >= 0.6 is 51.1 Å². The molecule has 0 amide bonds. The first-order valence-corrected chi connectivity index (χ1v) is 7.86. The van der Waals surface area contributed by atoms with Gasteiger partial charge in [0, 0.05) is 23.0 Å². The van der Waals surface area contributed by atoms with Gasteiger partial charge in [0.05, 0.1) is 9.72 Å². The number of aromatic nitrogens is 2. The summed E-state index contributed by atoms with van der Waals surface area (Å²) in [6, 6.07) is 0. The number of rotatable bonds is 1. The van der Waals surface area contributed by atoms with E-state index in [0.29, 0.717) is 15.7 Å². The summed E-state index contributed by atoms with van der Waals surface area (Å²) >= 11 is 13.2. The highest BCUT2D eigenvalue weighted by Crippen LogP contribution is 2.41. The van der Waals surface area contributed by atoms with E-state index < -0.39 is 0 Å². The Morgan fingerprint density at radius 1 is 1.47 bits per heavy atom. The van der Waals surface area contributed by atoms with Gasteiger partial charge in [-0.3, -0.25) is 0 Å². The van der Waals surface area contributed by atoms with Crippen LogP contribution in [0.25, 0.3) is 0 Å². The van der Waals surface area contributed by atoms with Crippen molar-refractivity contribution in [3.63, 3.8) is 0 Å². The van der Waals surface area contributed by atoms with Crippen LogP contribution in [-0.4, -0.2) is 26.7 Å². The molecule has 2 rings (SSSR count). The van der Waals surface area contributed by atoms with Gasteiger partial charge in [-0.2, -0.15) is 11.8 Å². The van der Waals surface area contributed by atoms with E-state index in [4.69, 9.17) is 11.6 Å². The zero-order chi connectivity index (χ0) is 10.8. The average Bonchev–Trinajstić information content (AvgIpc) is 2.23. The molecule has 15 heavy (non-hydrogen) atoms. The molecule has 1 aliphatic heterocycles. The number of halogens is 2. The summed E-state index contributed by atoms with van der Waals surface area (Å²) in [5.74, 6) is 3.23. The molecule has 0 bridgehead atoms. The molecule has 0 radical (unpaired) electrons. The molecule has 2 nitrogen and oxygen atoms in total. The van der Waals surface area contributed by atoms with Crippen molar-refractivity contribution in [3.8, 4) is 0 Å². The first kappa shape index (κ1) is 12.0. The van der Waals surface area contributed by atoms with Gasteiger partial charge in [-0.1, -0.05) is 18.5 Å². The molecule has 82 valence electrons. The van der Waals surface area contributed by atoms with Gasteiger partial charge in [-0.15, -0.1) is 11.8 Å². The van der Waals surface area contributed by atoms with Crippen LogP contribution < -0.4 is 0 Å². The van der Waals surface area contributed by atoms with Crippen LogP contribution in [0.5, 0.6) is 0 Å². The fourth-order valence-corrected chi connectivity index (χ4v) is 4.44. The van der Waals surface area contributed by atoms with Crippen molar-refractivity contribution in [2.24, 2.45) is 0 Å². The highest BCUT2D eigenvalue weighted by molar-refractivity contribution is 9.10. The molecule has 1 fully saturated rings. The van der Waals surface area contributed by atoms with E-state index in [9.17, 15) is 0 Å². The van der Waals surface area contributed by atoms with Crippen molar-refractivity contribution < 1.29 is 0 Å². The van der Waals surface area contributed by atoms with E-state index in [1.165, 1.54) is 5.75 Å². The van der Waals surface area contributed by atoms with Gasteiger partial charge in [0.25, 0.3) is 0 Å². The molecule has 2 unspecified atom stereocenters. The van der Waals surface area contributed by atoms with E-state index in [1.807, 2.05) is 23.5 Å². The van der Waals surface area contributed by atoms with E-state index in [0.717, 1.165) is 16.0 Å². The predicted molar refractivity (Wildman–Crippen MR) is 71.9 cm³/mol.